The van der Waals surface area contributed by atoms with Crippen LogP contribution in [0.3, 0.4) is 0 Å². The highest BCUT2D eigenvalue weighted by molar-refractivity contribution is 6.31. The summed E-state index contributed by atoms with van der Waals surface area (Å²) in [5, 5.41) is 1.16. The molecule has 1 heterocycles. The minimum absolute atomic E-state index is 0.113. The maximum Gasteiger partial charge on any atom is 0.258 e. The van der Waals surface area contributed by atoms with Gasteiger partial charge in [-0.1, -0.05) is 11.6 Å². The Balaban J connectivity index is 2.61. The van der Waals surface area contributed by atoms with Crippen LogP contribution in [0.4, 0.5) is 0 Å². The first kappa shape index (κ1) is 11.1. The van der Waals surface area contributed by atoms with Gasteiger partial charge >= 0.3 is 0 Å². The summed E-state index contributed by atoms with van der Waals surface area (Å²) in [7, 11) is 4.00. The van der Waals surface area contributed by atoms with E-state index in [1.165, 1.54) is 4.90 Å². The first-order valence-electron chi connectivity index (χ1n) is 5.04. The Morgan fingerprint density at radius 1 is 1.44 bits per heavy atom. The van der Waals surface area contributed by atoms with Crippen LogP contribution in [-0.4, -0.2) is 24.1 Å². The monoisotopic (exact) mass is 238 g/mol. The highest BCUT2D eigenvalue weighted by Gasteiger charge is 2.06. The van der Waals surface area contributed by atoms with E-state index < -0.39 is 0 Å². The van der Waals surface area contributed by atoms with E-state index in [4.69, 9.17) is 11.6 Å². The van der Waals surface area contributed by atoms with Crippen LogP contribution in [0.15, 0.2) is 23.0 Å². The smallest absolute Gasteiger partial charge is 0.258 e. The van der Waals surface area contributed by atoms with E-state index in [1.54, 1.807) is 18.2 Å². The third kappa shape index (κ3) is 2.23. The summed E-state index contributed by atoms with van der Waals surface area (Å²) in [6.07, 6.45) is 0. The second-order valence-corrected chi connectivity index (χ2v) is 4.49. The largest absolute Gasteiger partial charge is 0.334 e. The third-order valence-corrected chi connectivity index (χ3v) is 2.47. The summed E-state index contributed by atoms with van der Waals surface area (Å²) in [6, 6.07) is 5.09. The van der Waals surface area contributed by atoms with Gasteiger partial charge in [-0.25, -0.2) is 4.98 Å². The Labute approximate surface area is 97.9 Å². The first-order chi connectivity index (χ1) is 7.56. The number of halogens is 1. The number of aromatic nitrogens is 2. The molecule has 0 aliphatic carbocycles. The molecule has 4 nitrogen and oxygen atoms in total. The van der Waals surface area contributed by atoms with Gasteiger partial charge in [0.15, 0.2) is 5.82 Å². The molecule has 16 heavy (non-hydrogen) atoms. The van der Waals surface area contributed by atoms with Crippen molar-refractivity contribution >= 4 is 22.5 Å². The lowest BCUT2D eigenvalue weighted by molar-refractivity contribution is -0.873. The molecule has 2 aromatic rings. The van der Waals surface area contributed by atoms with Gasteiger partial charge in [0.25, 0.3) is 5.56 Å². The standard InChI is InChI=1S/C11H12ClN3O/c1-15(2)6-10-13-9-5-7(12)3-4-8(9)11(16)14-10/h3-5H,6H2,1-2H3,(H,13,14,16)/p+1. The van der Waals surface area contributed by atoms with Crippen LogP contribution in [0.1, 0.15) is 5.82 Å². The van der Waals surface area contributed by atoms with Crippen LogP contribution in [0.2, 0.25) is 5.02 Å². The average Bonchev–Trinajstić information content (AvgIpc) is 2.15. The van der Waals surface area contributed by atoms with Crippen molar-refractivity contribution in [3.8, 4) is 0 Å². The molecule has 2 N–H and O–H groups in total. The number of nitrogens with zero attached hydrogens (tertiary/aromatic N) is 1. The van der Waals surface area contributed by atoms with E-state index in [9.17, 15) is 4.79 Å². The van der Waals surface area contributed by atoms with Gasteiger partial charge in [0.1, 0.15) is 6.54 Å². The van der Waals surface area contributed by atoms with Gasteiger partial charge in [0, 0.05) is 5.02 Å². The van der Waals surface area contributed by atoms with E-state index in [0.29, 0.717) is 28.3 Å². The first-order valence-corrected chi connectivity index (χ1v) is 5.41. The lowest BCUT2D eigenvalue weighted by atomic mass is 10.2. The molecular formula is C11H13ClN3O+. The number of hydrogen-bond donors (Lipinski definition) is 2. The molecule has 0 saturated heterocycles. The molecular weight excluding hydrogens is 226 g/mol. The van der Waals surface area contributed by atoms with Crippen LogP contribution in [-0.2, 0) is 6.54 Å². The molecule has 0 atom stereocenters. The zero-order valence-electron chi connectivity index (χ0n) is 9.17. The number of nitrogens with one attached hydrogen (secondary N) is 2. The quantitative estimate of drug-likeness (QED) is 0.787. The lowest BCUT2D eigenvalue weighted by Gasteiger charge is -2.06. The Kier molecular flexibility index (Phi) is 2.94. The molecule has 0 unspecified atom stereocenters. The van der Waals surface area contributed by atoms with Crippen molar-refractivity contribution in [2.24, 2.45) is 0 Å². The van der Waals surface area contributed by atoms with Crippen LogP contribution in [0, 0.1) is 0 Å². The van der Waals surface area contributed by atoms with Crippen LogP contribution < -0.4 is 10.5 Å². The van der Waals surface area contributed by atoms with Crippen molar-refractivity contribution in [3.05, 3.63) is 39.4 Å². The number of hydrogen-bond acceptors (Lipinski definition) is 2. The molecule has 5 heteroatoms. The van der Waals surface area contributed by atoms with Crippen LogP contribution in [0.25, 0.3) is 10.9 Å². The van der Waals surface area contributed by atoms with E-state index in [-0.39, 0.29) is 5.56 Å². The number of benzene rings is 1. The summed E-state index contributed by atoms with van der Waals surface area (Å²) in [5.74, 6) is 0.680. The Morgan fingerprint density at radius 2 is 2.19 bits per heavy atom. The predicted molar refractivity (Wildman–Crippen MR) is 63.9 cm³/mol. The molecule has 0 fully saturated rings. The topological polar surface area (TPSA) is 50.2 Å². The Hall–Kier alpha value is -1.39. The van der Waals surface area contributed by atoms with Crippen molar-refractivity contribution in [1.82, 2.24) is 9.97 Å². The van der Waals surface area contributed by atoms with Gasteiger partial charge in [-0.05, 0) is 18.2 Å². The predicted octanol–water partition coefficient (Wildman–Crippen LogP) is 0.221. The summed E-state index contributed by atoms with van der Waals surface area (Å²) >= 11 is 5.87. The van der Waals surface area contributed by atoms with Crippen LogP contribution >= 0.6 is 11.6 Å². The van der Waals surface area contributed by atoms with Crippen molar-refractivity contribution in [3.63, 3.8) is 0 Å². The molecule has 0 saturated carbocycles. The molecule has 0 aliphatic rings. The van der Waals surface area contributed by atoms with Gasteiger partial charge in [-0.3, -0.25) is 4.79 Å². The van der Waals surface area contributed by atoms with E-state index >= 15 is 0 Å². The average molecular weight is 239 g/mol. The molecule has 2 rings (SSSR count). The molecule has 0 radical (unpaired) electrons. The summed E-state index contributed by atoms with van der Waals surface area (Å²) < 4.78 is 0. The molecule has 0 amide bonds. The van der Waals surface area contributed by atoms with Gasteiger partial charge in [0.2, 0.25) is 0 Å². The number of H-pyrrole nitrogens is 1. The fraction of sp³-hybridized carbons (Fsp3) is 0.273. The number of fused-ring (bicyclic) bond motifs is 1. The van der Waals surface area contributed by atoms with Crippen molar-refractivity contribution < 1.29 is 4.90 Å². The Bertz CT molecular complexity index is 577. The highest BCUT2D eigenvalue weighted by Crippen LogP contribution is 2.14. The second-order valence-electron chi connectivity index (χ2n) is 4.06. The lowest BCUT2D eigenvalue weighted by Crippen LogP contribution is -3.04. The van der Waals surface area contributed by atoms with Crippen molar-refractivity contribution in [2.75, 3.05) is 14.1 Å². The molecule has 1 aromatic heterocycles. The zero-order chi connectivity index (χ0) is 11.7. The number of rotatable bonds is 2. The molecule has 84 valence electrons. The SMILES string of the molecule is C[NH+](C)Cc1nc2cc(Cl)ccc2c(=O)[nH]1. The minimum Gasteiger partial charge on any atom is -0.334 e. The van der Waals surface area contributed by atoms with Crippen LogP contribution in [0.5, 0.6) is 0 Å². The van der Waals surface area contributed by atoms with Gasteiger partial charge in [-0.15, -0.1) is 0 Å². The zero-order valence-corrected chi connectivity index (χ0v) is 9.93. The second kappa shape index (κ2) is 4.23. The Morgan fingerprint density at radius 3 is 2.88 bits per heavy atom. The molecule has 0 bridgehead atoms. The number of quaternary nitrogens is 1. The van der Waals surface area contributed by atoms with E-state index in [0.717, 1.165) is 0 Å². The maximum atomic E-state index is 11.7. The fourth-order valence-corrected chi connectivity index (χ4v) is 1.75. The maximum absolute atomic E-state index is 11.7. The summed E-state index contributed by atoms with van der Waals surface area (Å²) in [4.78, 5) is 20.1. The molecule has 1 aromatic carbocycles. The van der Waals surface area contributed by atoms with E-state index in [1.807, 2.05) is 14.1 Å². The third-order valence-electron chi connectivity index (χ3n) is 2.24. The van der Waals surface area contributed by atoms with Gasteiger partial charge in [0.05, 0.1) is 25.0 Å². The summed E-state index contributed by atoms with van der Waals surface area (Å²) in [5.41, 5.74) is 0.533. The number of aromatic amines is 1. The molecule has 0 aliphatic heterocycles. The highest BCUT2D eigenvalue weighted by atomic mass is 35.5. The molecule has 0 spiro atoms. The van der Waals surface area contributed by atoms with Crippen molar-refractivity contribution in [2.45, 2.75) is 6.54 Å². The van der Waals surface area contributed by atoms with Gasteiger partial charge < -0.3 is 9.88 Å². The summed E-state index contributed by atoms with van der Waals surface area (Å²) in [6.45, 7) is 0.678. The van der Waals surface area contributed by atoms with E-state index in [2.05, 4.69) is 9.97 Å². The van der Waals surface area contributed by atoms with Crippen molar-refractivity contribution in [1.29, 1.82) is 0 Å². The minimum atomic E-state index is -0.113. The normalized spacial score (nSPS) is 11.2. The van der Waals surface area contributed by atoms with Gasteiger partial charge in [-0.2, -0.15) is 0 Å². The fourth-order valence-electron chi connectivity index (χ4n) is 1.58.